The van der Waals surface area contributed by atoms with E-state index in [2.05, 4.69) is 42.8 Å². The standard InChI is InChI=1S/C7H13NOS3.2K/c1-4(2)3-5(6(9)10)8-7(11)12;;/h4-5H,3H2,1-2H3,(H,9,10)(H2,8,11,12);;/q;2*+1/p-2. The first-order chi connectivity index (χ1) is 5.43. The van der Waals surface area contributed by atoms with Crippen molar-refractivity contribution < 1.29 is 108 Å². The first-order valence-electron chi connectivity index (χ1n) is 3.62. The van der Waals surface area contributed by atoms with Crippen LogP contribution in [0, 0.1) is 5.92 Å². The van der Waals surface area contributed by atoms with Crippen LogP contribution in [0.4, 0.5) is 0 Å². The molecule has 0 aromatic carbocycles. The third kappa shape index (κ3) is 13.3. The van der Waals surface area contributed by atoms with E-state index in [0.717, 1.165) is 0 Å². The molecule has 1 atom stereocenters. The third-order valence-electron chi connectivity index (χ3n) is 1.28. The molecule has 0 aliphatic heterocycles. The maximum Gasteiger partial charge on any atom is 1.00 e. The van der Waals surface area contributed by atoms with Crippen LogP contribution in [0.15, 0.2) is 0 Å². The zero-order valence-corrected chi connectivity index (χ0v) is 17.7. The number of hydrogen-bond donors (Lipinski definition) is 1. The Morgan fingerprint density at radius 1 is 1.36 bits per heavy atom. The van der Waals surface area contributed by atoms with Gasteiger partial charge in [0.15, 0.2) is 0 Å². The Kier molecular flexibility index (Phi) is 20.4. The van der Waals surface area contributed by atoms with E-state index >= 15 is 0 Å². The molecule has 0 saturated carbocycles. The maximum absolute atomic E-state index is 10.9. The van der Waals surface area contributed by atoms with Crippen LogP contribution in [0.2, 0.25) is 0 Å². The van der Waals surface area contributed by atoms with E-state index in [9.17, 15) is 4.79 Å². The molecule has 0 radical (unpaired) electrons. The van der Waals surface area contributed by atoms with E-state index in [1.54, 1.807) is 0 Å². The van der Waals surface area contributed by atoms with Crippen LogP contribution in [-0.2, 0) is 30.1 Å². The average Bonchev–Trinajstić information content (AvgIpc) is 1.83. The first-order valence-corrected chi connectivity index (χ1v) is 4.84. The predicted octanol–water partition coefficient (Wildman–Crippen LogP) is -5.10. The number of rotatable bonds is 4. The van der Waals surface area contributed by atoms with Gasteiger partial charge in [0.2, 0.25) is 0 Å². The van der Waals surface area contributed by atoms with E-state index in [1.807, 2.05) is 13.8 Å². The smallest absolute Gasteiger partial charge is 0.740 e. The van der Waals surface area contributed by atoms with Crippen LogP contribution in [0.25, 0.3) is 0 Å². The fraction of sp³-hybridized carbons (Fsp3) is 0.714. The molecule has 0 heterocycles. The molecular formula is C7H11K2NOS3. The zero-order chi connectivity index (χ0) is 9.72. The molecule has 0 bridgehead atoms. The second-order valence-corrected chi connectivity index (χ2v) is 4.41. The topological polar surface area (TPSA) is 29.1 Å². The molecule has 0 aromatic heterocycles. The van der Waals surface area contributed by atoms with Gasteiger partial charge in [0.05, 0.1) is 6.04 Å². The van der Waals surface area contributed by atoms with Gasteiger partial charge in [-0.3, -0.25) is 0 Å². The molecule has 0 saturated heterocycles. The SMILES string of the molecule is CC(C)CC(NC(=S)[S-])C(=O)[S-].[K+].[K+]. The second kappa shape index (κ2) is 12.7. The van der Waals surface area contributed by atoms with Crippen molar-refractivity contribution in [3.8, 4) is 0 Å². The molecule has 70 valence electrons. The van der Waals surface area contributed by atoms with Gasteiger partial charge in [0.25, 0.3) is 0 Å². The van der Waals surface area contributed by atoms with Crippen molar-refractivity contribution in [2.75, 3.05) is 0 Å². The van der Waals surface area contributed by atoms with E-state index < -0.39 is 0 Å². The summed E-state index contributed by atoms with van der Waals surface area (Å²) in [6.07, 6.45) is 0.680. The molecule has 1 N–H and O–H groups in total. The Morgan fingerprint density at radius 2 is 1.79 bits per heavy atom. The normalized spacial score (nSPS) is 10.8. The Morgan fingerprint density at radius 3 is 2.00 bits per heavy atom. The number of hydrogen-bond acceptors (Lipinski definition) is 4. The van der Waals surface area contributed by atoms with Crippen LogP contribution in [0.3, 0.4) is 0 Å². The second-order valence-electron chi connectivity index (χ2n) is 2.93. The average molecular weight is 300 g/mol. The quantitative estimate of drug-likeness (QED) is 0.319. The summed E-state index contributed by atoms with van der Waals surface area (Å²) in [5, 5.41) is 2.38. The van der Waals surface area contributed by atoms with Crippen molar-refractivity contribution in [1.29, 1.82) is 0 Å². The van der Waals surface area contributed by atoms with Crippen molar-refractivity contribution in [1.82, 2.24) is 5.32 Å². The van der Waals surface area contributed by atoms with Crippen molar-refractivity contribution in [2.24, 2.45) is 5.92 Å². The minimum Gasteiger partial charge on any atom is -0.740 e. The van der Waals surface area contributed by atoms with Crippen LogP contribution < -0.4 is 108 Å². The molecule has 0 aliphatic rings. The molecule has 2 nitrogen and oxygen atoms in total. The van der Waals surface area contributed by atoms with Gasteiger partial charge in [0, 0.05) is 5.12 Å². The Balaban J connectivity index is -0.000000605. The van der Waals surface area contributed by atoms with Crippen molar-refractivity contribution in [2.45, 2.75) is 26.3 Å². The summed E-state index contributed by atoms with van der Waals surface area (Å²) in [5.41, 5.74) is 0. The van der Waals surface area contributed by atoms with Gasteiger partial charge in [-0.15, -0.1) is 0 Å². The maximum atomic E-state index is 10.9. The fourth-order valence-corrected chi connectivity index (χ4v) is 1.27. The zero-order valence-electron chi connectivity index (χ0n) is 8.99. The molecule has 0 fully saturated rings. The third-order valence-corrected chi connectivity index (χ3v) is 1.80. The number of carbonyl (C=O) groups is 1. The Hall–Kier alpha value is 3.27. The van der Waals surface area contributed by atoms with Crippen LogP contribution in [0.5, 0.6) is 0 Å². The van der Waals surface area contributed by atoms with Crippen LogP contribution >= 0.6 is 12.2 Å². The molecule has 0 amide bonds. The monoisotopic (exact) mass is 299 g/mol. The number of thiocarbonyl (C=S) groups is 1. The van der Waals surface area contributed by atoms with Gasteiger partial charge in [-0.25, -0.2) is 0 Å². The minimum atomic E-state index is -0.384. The molecule has 0 aromatic rings. The Bertz CT molecular complexity index is 190. The minimum absolute atomic E-state index is 0. The van der Waals surface area contributed by atoms with Gasteiger partial charge in [-0.1, -0.05) is 18.2 Å². The van der Waals surface area contributed by atoms with Gasteiger partial charge in [-0.05, 0) is 12.3 Å². The Labute approximate surface area is 187 Å². The summed E-state index contributed by atoms with van der Waals surface area (Å²) in [5.74, 6) is 0.402. The summed E-state index contributed by atoms with van der Waals surface area (Å²) < 4.78 is 0.207. The van der Waals surface area contributed by atoms with Crippen LogP contribution in [-0.4, -0.2) is 15.5 Å². The summed E-state index contributed by atoms with van der Waals surface area (Å²) in [6.45, 7) is 4.03. The molecule has 14 heavy (non-hydrogen) atoms. The van der Waals surface area contributed by atoms with E-state index in [-0.39, 0.29) is 118 Å². The molecule has 0 rings (SSSR count). The predicted molar refractivity (Wildman–Crippen MR) is 58.7 cm³/mol. The van der Waals surface area contributed by atoms with Crippen LogP contribution in [0.1, 0.15) is 20.3 Å². The van der Waals surface area contributed by atoms with Crippen molar-refractivity contribution in [3.05, 3.63) is 0 Å². The summed E-state index contributed by atoms with van der Waals surface area (Å²) >= 11 is 13.8. The summed E-state index contributed by atoms with van der Waals surface area (Å²) in [4.78, 5) is 10.9. The first kappa shape index (κ1) is 22.5. The molecular weight excluding hydrogens is 288 g/mol. The van der Waals surface area contributed by atoms with E-state index in [4.69, 9.17) is 0 Å². The van der Waals surface area contributed by atoms with Crippen molar-refractivity contribution in [3.63, 3.8) is 0 Å². The fourth-order valence-electron chi connectivity index (χ4n) is 0.828. The van der Waals surface area contributed by atoms with E-state index in [1.165, 1.54) is 0 Å². The summed E-state index contributed by atoms with van der Waals surface area (Å²) in [6, 6.07) is -0.384. The number of carbonyl (C=O) groups excluding carboxylic acids is 1. The van der Waals surface area contributed by atoms with Crippen molar-refractivity contribution >= 4 is 46.9 Å². The molecule has 0 spiro atoms. The van der Waals surface area contributed by atoms with E-state index in [0.29, 0.717) is 12.3 Å². The molecule has 0 aliphatic carbocycles. The molecule has 1 unspecified atom stereocenters. The van der Waals surface area contributed by atoms with Gasteiger partial charge in [-0.2, -0.15) is 0 Å². The largest absolute Gasteiger partial charge is 1.00 e. The summed E-state index contributed by atoms with van der Waals surface area (Å²) in [7, 11) is 0. The van der Waals surface area contributed by atoms with Gasteiger partial charge in [0.1, 0.15) is 0 Å². The van der Waals surface area contributed by atoms with Gasteiger partial charge < -0.3 is 47.6 Å². The number of nitrogens with one attached hydrogen (secondary N) is 1. The van der Waals surface area contributed by atoms with Gasteiger partial charge >= 0.3 is 103 Å². The molecule has 7 heteroatoms.